The maximum atomic E-state index is 13.1. The van der Waals surface area contributed by atoms with Gasteiger partial charge in [0, 0.05) is 13.0 Å². The van der Waals surface area contributed by atoms with Crippen molar-refractivity contribution in [3.05, 3.63) is 0 Å². The largest absolute Gasteiger partial charge is 0.416 e. The molecule has 136 valence electrons. The van der Waals surface area contributed by atoms with Crippen LogP contribution in [0.25, 0.3) is 0 Å². The van der Waals surface area contributed by atoms with E-state index >= 15 is 0 Å². The molecule has 4 aliphatic rings. The van der Waals surface area contributed by atoms with E-state index in [0.717, 1.165) is 24.9 Å². The fraction of sp³-hybridized carbons (Fsp3) is 0.952. The summed E-state index contributed by atoms with van der Waals surface area (Å²) in [6, 6.07) is 0. The van der Waals surface area contributed by atoms with Gasteiger partial charge in [0.1, 0.15) is 5.78 Å². The number of hydrogen-bond acceptors (Lipinski definition) is 2. The molecule has 0 amide bonds. The van der Waals surface area contributed by atoms with Crippen LogP contribution >= 0.6 is 0 Å². The van der Waals surface area contributed by atoms with Crippen LogP contribution in [-0.2, 0) is 9.22 Å². The van der Waals surface area contributed by atoms with E-state index in [0.29, 0.717) is 23.0 Å². The molecular formula is C21H36O2Si. The Labute approximate surface area is 149 Å². The van der Waals surface area contributed by atoms with Crippen molar-refractivity contribution in [3.8, 4) is 0 Å². The summed E-state index contributed by atoms with van der Waals surface area (Å²) in [5, 5.41) is 0.219. The Hall–Kier alpha value is -0.153. The molecule has 6 atom stereocenters. The smallest absolute Gasteiger partial charge is 0.192 e. The molecule has 0 aromatic heterocycles. The predicted molar refractivity (Wildman–Crippen MR) is 100 cm³/mol. The van der Waals surface area contributed by atoms with Crippen molar-refractivity contribution in [1.29, 1.82) is 0 Å². The Morgan fingerprint density at radius 2 is 1.79 bits per heavy atom. The molecular weight excluding hydrogens is 312 g/mol. The van der Waals surface area contributed by atoms with Gasteiger partial charge in [-0.25, -0.2) is 0 Å². The molecule has 4 fully saturated rings. The van der Waals surface area contributed by atoms with Gasteiger partial charge in [-0.05, 0) is 65.5 Å². The van der Waals surface area contributed by atoms with Crippen molar-refractivity contribution in [2.24, 2.45) is 39.9 Å². The van der Waals surface area contributed by atoms with E-state index in [9.17, 15) is 4.79 Å². The first-order valence-electron chi connectivity index (χ1n) is 9.94. The van der Waals surface area contributed by atoms with Gasteiger partial charge in [-0.1, -0.05) is 41.5 Å². The Balaban J connectivity index is 1.59. The SMILES string of the molecule is CC1(C)C[C@H]2C3C4C3(CO[Si](C)(C)C(C)(C)C)C(=O)C[C@]4(C)[C@H]2C1. The zero-order chi connectivity index (χ0) is 17.9. The highest BCUT2D eigenvalue weighted by Crippen LogP contribution is 2.86. The first-order valence-corrected chi connectivity index (χ1v) is 12.8. The molecule has 0 saturated heterocycles. The predicted octanol–water partition coefficient (Wildman–Crippen LogP) is 5.29. The molecule has 0 aliphatic heterocycles. The van der Waals surface area contributed by atoms with Gasteiger partial charge < -0.3 is 4.43 Å². The minimum absolute atomic E-state index is 0.0914. The fourth-order valence-corrected chi connectivity index (χ4v) is 7.96. The Morgan fingerprint density at radius 3 is 2.38 bits per heavy atom. The van der Waals surface area contributed by atoms with Crippen LogP contribution in [0.15, 0.2) is 0 Å². The van der Waals surface area contributed by atoms with Gasteiger partial charge >= 0.3 is 0 Å². The molecule has 4 rings (SSSR count). The molecule has 4 aliphatic carbocycles. The van der Waals surface area contributed by atoms with Crippen LogP contribution in [-0.4, -0.2) is 20.7 Å². The molecule has 0 aromatic rings. The third-order valence-electron chi connectivity index (χ3n) is 9.03. The normalized spacial score (nSPS) is 48.6. The standard InChI is InChI=1S/C21H36O2Si/c1-18(2,3)24(7,8)23-12-21-15(22)11-20(6)14-10-19(4,5)9-13(14)16(21)17(20)21/h13-14,16-17H,9-12H2,1-8H3/t13-,14+,16?,17?,20-,21?/m1/s1. The number of rotatable bonds is 3. The Kier molecular flexibility index (Phi) is 3.16. The molecule has 4 saturated carbocycles. The molecule has 0 N–H and O–H groups in total. The molecule has 0 aromatic carbocycles. The highest BCUT2D eigenvalue weighted by Gasteiger charge is 2.87. The van der Waals surface area contributed by atoms with E-state index in [4.69, 9.17) is 4.43 Å². The first-order chi connectivity index (χ1) is 10.8. The molecule has 0 bridgehead atoms. The number of ketones is 1. The minimum atomic E-state index is -1.79. The second-order valence-corrected chi connectivity index (χ2v) is 16.9. The lowest BCUT2D eigenvalue weighted by molar-refractivity contribution is -0.124. The van der Waals surface area contributed by atoms with Crippen LogP contribution in [0.5, 0.6) is 0 Å². The fourth-order valence-electron chi connectivity index (χ4n) is 6.93. The van der Waals surface area contributed by atoms with Gasteiger partial charge in [-0.15, -0.1) is 0 Å². The number of hydrogen-bond donors (Lipinski definition) is 0. The Morgan fingerprint density at radius 1 is 1.17 bits per heavy atom. The van der Waals surface area contributed by atoms with E-state index in [-0.39, 0.29) is 15.9 Å². The van der Waals surface area contributed by atoms with Crippen molar-refractivity contribution in [2.45, 2.75) is 78.9 Å². The van der Waals surface area contributed by atoms with Crippen LogP contribution in [0, 0.1) is 39.9 Å². The van der Waals surface area contributed by atoms with Crippen LogP contribution < -0.4 is 0 Å². The van der Waals surface area contributed by atoms with Crippen LogP contribution in [0.1, 0.15) is 60.8 Å². The quantitative estimate of drug-likeness (QED) is 0.648. The molecule has 2 nitrogen and oxygen atoms in total. The van der Waals surface area contributed by atoms with Gasteiger partial charge in [-0.2, -0.15) is 0 Å². The summed E-state index contributed by atoms with van der Waals surface area (Å²) in [5.74, 6) is 3.39. The Bertz CT molecular complexity index is 601. The van der Waals surface area contributed by atoms with E-state index in [1.807, 2.05) is 0 Å². The average Bonchev–Trinajstić information content (AvgIpc) is 2.82. The van der Waals surface area contributed by atoms with Crippen molar-refractivity contribution < 1.29 is 9.22 Å². The highest BCUT2D eigenvalue weighted by molar-refractivity contribution is 6.74. The number of Topliss-reactive ketones (excluding diaryl/α,β-unsaturated/α-hetero) is 1. The molecule has 3 heteroatoms. The molecule has 24 heavy (non-hydrogen) atoms. The third-order valence-corrected chi connectivity index (χ3v) is 13.5. The zero-order valence-electron chi connectivity index (χ0n) is 17.0. The van der Waals surface area contributed by atoms with Gasteiger partial charge in [-0.3, -0.25) is 4.79 Å². The monoisotopic (exact) mass is 348 g/mol. The van der Waals surface area contributed by atoms with Gasteiger partial charge in [0.2, 0.25) is 0 Å². The van der Waals surface area contributed by atoms with Crippen LogP contribution in [0.2, 0.25) is 18.1 Å². The molecule has 0 spiro atoms. The summed E-state index contributed by atoms with van der Waals surface area (Å²) in [7, 11) is -1.79. The second-order valence-electron chi connectivity index (χ2n) is 12.0. The molecule has 3 unspecified atom stereocenters. The number of fused-ring (bicyclic) bond motifs is 4. The summed E-state index contributed by atoms with van der Waals surface area (Å²) in [5.41, 5.74) is 0.652. The lowest BCUT2D eigenvalue weighted by atomic mass is 9.72. The lowest BCUT2D eigenvalue weighted by Gasteiger charge is -2.38. The molecule has 0 heterocycles. The third kappa shape index (κ3) is 1.89. The average molecular weight is 349 g/mol. The maximum absolute atomic E-state index is 13.1. The number of carbonyl (C=O) groups is 1. The van der Waals surface area contributed by atoms with Crippen molar-refractivity contribution in [3.63, 3.8) is 0 Å². The second kappa shape index (κ2) is 4.39. The van der Waals surface area contributed by atoms with Crippen LogP contribution in [0.3, 0.4) is 0 Å². The lowest BCUT2D eigenvalue weighted by Crippen LogP contribution is -2.43. The van der Waals surface area contributed by atoms with E-state index in [2.05, 4.69) is 54.6 Å². The maximum Gasteiger partial charge on any atom is 0.192 e. The summed E-state index contributed by atoms with van der Waals surface area (Å²) in [6.45, 7) is 19.5. The molecule has 0 radical (unpaired) electrons. The van der Waals surface area contributed by atoms with E-state index in [1.165, 1.54) is 12.8 Å². The summed E-state index contributed by atoms with van der Waals surface area (Å²) in [4.78, 5) is 13.1. The van der Waals surface area contributed by atoms with Crippen molar-refractivity contribution in [2.75, 3.05) is 6.61 Å². The summed E-state index contributed by atoms with van der Waals surface area (Å²) in [6.07, 6.45) is 3.48. The number of carbonyl (C=O) groups excluding carboxylic acids is 1. The van der Waals surface area contributed by atoms with Gasteiger partial charge in [0.05, 0.1) is 5.41 Å². The van der Waals surface area contributed by atoms with Crippen molar-refractivity contribution >= 4 is 14.1 Å². The summed E-state index contributed by atoms with van der Waals surface area (Å²) < 4.78 is 6.61. The van der Waals surface area contributed by atoms with Crippen LogP contribution in [0.4, 0.5) is 0 Å². The van der Waals surface area contributed by atoms with Gasteiger partial charge in [0.15, 0.2) is 8.32 Å². The first kappa shape index (κ1) is 17.3. The highest BCUT2D eigenvalue weighted by atomic mass is 28.4. The zero-order valence-corrected chi connectivity index (χ0v) is 18.0. The van der Waals surface area contributed by atoms with E-state index in [1.54, 1.807) is 0 Å². The minimum Gasteiger partial charge on any atom is -0.416 e. The van der Waals surface area contributed by atoms with Gasteiger partial charge in [0.25, 0.3) is 0 Å². The topological polar surface area (TPSA) is 26.3 Å². The summed E-state index contributed by atoms with van der Waals surface area (Å²) >= 11 is 0. The van der Waals surface area contributed by atoms with E-state index < -0.39 is 8.32 Å². The van der Waals surface area contributed by atoms with Crippen molar-refractivity contribution in [1.82, 2.24) is 0 Å².